The highest BCUT2D eigenvalue weighted by Gasteiger charge is 2.31. The van der Waals surface area contributed by atoms with Gasteiger partial charge in [-0.3, -0.25) is 0 Å². The second-order valence-electron chi connectivity index (χ2n) is 7.21. The summed E-state index contributed by atoms with van der Waals surface area (Å²) in [6, 6.07) is 20.7. The molecular formula is C23H20F3N4. The zero-order chi connectivity index (χ0) is 21.3. The molecule has 0 aromatic heterocycles. The number of hydrogen-bond acceptors (Lipinski definition) is 3. The van der Waals surface area contributed by atoms with Crippen molar-refractivity contribution in [1.29, 1.82) is 0 Å². The number of amidine groups is 1. The standard InChI is InChI=1S/C23H20F3N4/c1-16-3-11-20(12-4-16)29-15-30(21-13-5-17(2)6-14-21)28-22(27-29)18-7-9-19(10-8-18)23(24,25)26/h3-14H,15H2,1-2H3. The third-order valence-electron chi connectivity index (χ3n) is 4.83. The first-order valence-electron chi connectivity index (χ1n) is 9.46. The third kappa shape index (κ3) is 4.25. The van der Waals surface area contributed by atoms with Gasteiger partial charge in [-0.2, -0.15) is 13.2 Å². The van der Waals surface area contributed by atoms with Crippen LogP contribution in [0.3, 0.4) is 0 Å². The molecule has 1 aliphatic heterocycles. The molecule has 1 heterocycles. The van der Waals surface area contributed by atoms with Crippen molar-refractivity contribution in [2.75, 3.05) is 16.7 Å². The molecule has 3 aromatic rings. The molecule has 1 radical (unpaired) electrons. The van der Waals surface area contributed by atoms with Crippen molar-refractivity contribution in [3.05, 3.63) is 95.1 Å². The number of alkyl halides is 3. The van der Waals surface area contributed by atoms with Gasteiger partial charge in [-0.25, -0.2) is 10.0 Å². The van der Waals surface area contributed by atoms with E-state index in [1.807, 2.05) is 62.4 Å². The minimum Gasteiger partial charge on any atom is -0.242 e. The first kappa shape index (κ1) is 19.8. The fraction of sp³-hybridized carbons (Fsp3) is 0.174. The Morgan fingerprint density at radius 1 is 0.700 bits per heavy atom. The Labute approximate surface area is 173 Å². The fourth-order valence-corrected chi connectivity index (χ4v) is 3.08. The molecule has 0 saturated heterocycles. The lowest BCUT2D eigenvalue weighted by molar-refractivity contribution is -0.137. The number of aryl methyl sites for hydroxylation is 2. The van der Waals surface area contributed by atoms with E-state index < -0.39 is 11.7 Å². The highest BCUT2D eigenvalue weighted by molar-refractivity contribution is 6.00. The molecule has 0 fully saturated rings. The number of rotatable bonds is 3. The van der Waals surface area contributed by atoms with Gasteiger partial charge in [0.05, 0.1) is 16.9 Å². The van der Waals surface area contributed by atoms with Crippen LogP contribution in [0.2, 0.25) is 0 Å². The molecule has 153 valence electrons. The molecule has 0 amide bonds. The van der Waals surface area contributed by atoms with Crippen molar-refractivity contribution in [2.24, 2.45) is 5.10 Å². The van der Waals surface area contributed by atoms with E-state index in [4.69, 9.17) is 0 Å². The van der Waals surface area contributed by atoms with Gasteiger partial charge in [0, 0.05) is 5.56 Å². The predicted molar refractivity (Wildman–Crippen MR) is 112 cm³/mol. The second-order valence-corrected chi connectivity index (χ2v) is 7.21. The van der Waals surface area contributed by atoms with Gasteiger partial charge in [0.1, 0.15) is 6.67 Å². The van der Waals surface area contributed by atoms with Crippen LogP contribution in [0.4, 0.5) is 24.5 Å². The average Bonchev–Trinajstić information content (AvgIpc) is 2.74. The number of hydrazone groups is 1. The normalized spacial score (nSPS) is 14.4. The molecule has 0 bridgehead atoms. The maximum absolute atomic E-state index is 12.9. The van der Waals surface area contributed by atoms with Crippen molar-refractivity contribution in [3.63, 3.8) is 0 Å². The molecule has 3 aromatic carbocycles. The molecule has 0 spiro atoms. The molecule has 30 heavy (non-hydrogen) atoms. The lowest BCUT2D eigenvalue weighted by atomic mass is 10.1. The summed E-state index contributed by atoms with van der Waals surface area (Å²) in [7, 11) is 0. The number of anilines is 2. The Hall–Kier alpha value is -3.48. The Balaban J connectivity index is 1.70. The summed E-state index contributed by atoms with van der Waals surface area (Å²) in [6.45, 7) is 4.39. The molecular weight excluding hydrogens is 389 g/mol. The molecule has 0 saturated carbocycles. The van der Waals surface area contributed by atoms with Crippen LogP contribution in [0.1, 0.15) is 22.3 Å². The van der Waals surface area contributed by atoms with E-state index in [1.54, 1.807) is 10.0 Å². The Bertz CT molecular complexity index is 1040. The second kappa shape index (κ2) is 7.74. The van der Waals surface area contributed by atoms with Crippen LogP contribution >= 0.6 is 0 Å². The third-order valence-corrected chi connectivity index (χ3v) is 4.83. The minimum absolute atomic E-state index is 0.344. The van der Waals surface area contributed by atoms with Crippen LogP contribution in [0.15, 0.2) is 77.9 Å². The maximum atomic E-state index is 12.9. The lowest BCUT2D eigenvalue weighted by Crippen LogP contribution is -2.48. The molecule has 4 nitrogen and oxygen atoms in total. The van der Waals surface area contributed by atoms with Gasteiger partial charge in [0.25, 0.3) is 0 Å². The number of hydrogen-bond donors (Lipinski definition) is 0. The van der Waals surface area contributed by atoms with Crippen molar-refractivity contribution >= 4 is 17.2 Å². The Morgan fingerprint density at radius 3 is 1.70 bits per heavy atom. The molecule has 1 aliphatic rings. The van der Waals surface area contributed by atoms with Crippen LogP contribution < -0.4 is 15.4 Å². The summed E-state index contributed by atoms with van der Waals surface area (Å²) >= 11 is 0. The van der Waals surface area contributed by atoms with Crippen molar-refractivity contribution in [2.45, 2.75) is 20.0 Å². The minimum atomic E-state index is -4.38. The SMILES string of the molecule is Cc1ccc(N2CN(c3ccc(C)cc3)N=C(c3ccc(C(F)(F)F)cc3)[N]2)cc1. The largest absolute Gasteiger partial charge is 0.416 e. The predicted octanol–water partition coefficient (Wildman–Crippen LogP) is 5.49. The summed E-state index contributed by atoms with van der Waals surface area (Å²) in [5, 5.41) is 8.18. The van der Waals surface area contributed by atoms with E-state index in [1.165, 1.54) is 12.1 Å². The fourth-order valence-electron chi connectivity index (χ4n) is 3.08. The molecule has 0 N–H and O–H groups in total. The molecule has 0 aliphatic carbocycles. The van der Waals surface area contributed by atoms with Gasteiger partial charge in [0.2, 0.25) is 0 Å². The van der Waals surface area contributed by atoms with E-state index in [-0.39, 0.29) is 0 Å². The van der Waals surface area contributed by atoms with Crippen LogP contribution in [0.5, 0.6) is 0 Å². The van der Waals surface area contributed by atoms with E-state index in [0.29, 0.717) is 18.1 Å². The quantitative estimate of drug-likeness (QED) is 0.573. The maximum Gasteiger partial charge on any atom is 0.416 e. The van der Waals surface area contributed by atoms with Crippen molar-refractivity contribution < 1.29 is 13.2 Å². The van der Waals surface area contributed by atoms with Gasteiger partial charge in [-0.1, -0.05) is 47.5 Å². The topological polar surface area (TPSA) is 32.9 Å². The van der Waals surface area contributed by atoms with Crippen LogP contribution in [-0.4, -0.2) is 12.5 Å². The lowest BCUT2D eigenvalue weighted by Gasteiger charge is -2.34. The van der Waals surface area contributed by atoms with Gasteiger partial charge in [-0.05, 0) is 50.2 Å². The monoisotopic (exact) mass is 409 g/mol. The number of halogens is 3. The van der Waals surface area contributed by atoms with Crippen molar-refractivity contribution in [3.8, 4) is 0 Å². The van der Waals surface area contributed by atoms with Gasteiger partial charge in [-0.15, -0.1) is 10.5 Å². The summed E-state index contributed by atoms with van der Waals surface area (Å²) in [6.07, 6.45) is -4.38. The van der Waals surface area contributed by atoms with Crippen LogP contribution in [-0.2, 0) is 6.18 Å². The zero-order valence-corrected chi connectivity index (χ0v) is 16.6. The van der Waals surface area contributed by atoms with Crippen LogP contribution in [0, 0.1) is 13.8 Å². The smallest absolute Gasteiger partial charge is 0.242 e. The Kier molecular flexibility index (Phi) is 5.11. The highest BCUT2D eigenvalue weighted by atomic mass is 19.4. The Morgan fingerprint density at radius 2 is 1.20 bits per heavy atom. The number of nitrogens with zero attached hydrogens (tertiary/aromatic N) is 4. The summed E-state index contributed by atoms with van der Waals surface area (Å²) < 4.78 is 38.8. The summed E-state index contributed by atoms with van der Waals surface area (Å²) in [4.78, 5) is 0. The molecule has 0 unspecified atom stereocenters. The van der Waals surface area contributed by atoms with E-state index in [2.05, 4.69) is 10.5 Å². The molecule has 7 heteroatoms. The summed E-state index contributed by atoms with van der Waals surface area (Å²) in [5.41, 5.74) is 8.41. The van der Waals surface area contributed by atoms with Crippen molar-refractivity contribution in [1.82, 2.24) is 5.43 Å². The number of benzene rings is 3. The van der Waals surface area contributed by atoms with Gasteiger partial charge >= 0.3 is 6.18 Å². The highest BCUT2D eigenvalue weighted by Crippen LogP contribution is 2.30. The van der Waals surface area contributed by atoms with E-state index in [0.717, 1.165) is 34.6 Å². The summed E-state index contributed by atoms with van der Waals surface area (Å²) in [5.74, 6) is 0.344. The van der Waals surface area contributed by atoms with Gasteiger partial charge in [0.15, 0.2) is 5.84 Å². The first-order chi connectivity index (χ1) is 14.3. The molecule has 4 rings (SSSR count). The zero-order valence-electron chi connectivity index (χ0n) is 16.6. The van der Waals surface area contributed by atoms with E-state index >= 15 is 0 Å². The van der Waals surface area contributed by atoms with E-state index in [9.17, 15) is 13.2 Å². The first-order valence-corrected chi connectivity index (χ1v) is 9.46. The molecule has 0 atom stereocenters. The average molecular weight is 409 g/mol. The van der Waals surface area contributed by atoms with Gasteiger partial charge < -0.3 is 0 Å². The van der Waals surface area contributed by atoms with Crippen LogP contribution in [0.25, 0.3) is 0 Å².